The number of hydrogen-bond donors (Lipinski definition) is 1. The van der Waals surface area contributed by atoms with Crippen LogP contribution in [0.25, 0.3) is 0 Å². The number of nitrogens with zero attached hydrogens (tertiary/aromatic N) is 2. The van der Waals surface area contributed by atoms with Crippen molar-refractivity contribution in [3.8, 4) is 12.1 Å². The Hall–Kier alpha value is -3.44. The molecule has 0 heterocycles. The van der Waals surface area contributed by atoms with Gasteiger partial charge in [-0.05, 0) is 12.1 Å². The van der Waals surface area contributed by atoms with Gasteiger partial charge < -0.3 is 5.32 Å². The van der Waals surface area contributed by atoms with Crippen LogP contribution in [-0.2, 0) is 0 Å². The summed E-state index contributed by atoms with van der Waals surface area (Å²) in [5, 5.41) is 19.9. The Labute approximate surface area is 126 Å². The lowest BCUT2D eigenvalue weighted by Crippen LogP contribution is -2.07. The summed E-state index contributed by atoms with van der Waals surface area (Å²) in [5.41, 5.74) is 0.249. The Bertz CT molecular complexity index is 798. The van der Waals surface area contributed by atoms with Gasteiger partial charge in [-0.25, -0.2) is 4.39 Å². The van der Waals surface area contributed by atoms with E-state index in [9.17, 15) is 9.18 Å². The maximum atomic E-state index is 14.0. The highest BCUT2D eigenvalue weighted by Gasteiger charge is 2.16. The summed E-state index contributed by atoms with van der Waals surface area (Å²) in [6, 6.07) is 15.9. The van der Waals surface area contributed by atoms with Crippen molar-refractivity contribution in [1.29, 1.82) is 10.5 Å². The van der Waals surface area contributed by atoms with Crippen molar-refractivity contribution in [2.45, 2.75) is 0 Å². The molecule has 0 aliphatic rings. The van der Waals surface area contributed by atoms with E-state index in [1.54, 1.807) is 42.5 Å². The molecule has 0 aliphatic heterocycles. The number of nitriles is 2. The number of anilines is 1. The molecule has 1 N–H and O–H groups in total. The Balaban J connectivity index is 2.44. The lowest BCUT2D eigenvalue weighted by Gasteiger charge is -2.09. The predicted molar refractivity (Wildman–Crippen MR) is 79.2 cm³/mol. The SMILES string of the molecule is N#CC(C#N)=CNc1c(F)cccc1C(=O)c1ccccc1. The van der Waals surface area contributed by atoms with E-state index in [-0.39, 0.29) is 22.6 Å². The van der Waals surface area contributed by atoms with E-state index >= 15 is 0 Å². The second kappa shape index (κ2) is 6.83. The third kappa shape index (κ3) is 3.17. The van der Waals surface area contributed by atoms with Crippen LogP contribution in [0.15, 0.2) is 60.3 Å². The van der Waals surface area contributed by atoms with Crippen molar-refractivity contribution in [3.63, 3.8) is 0 Å². The average Bonchev–Trinajstić information content (AvgIpc) is 2.57. The minimum Gasteiger partial charge on any atom is -0.357 e. The number of rotatable bonds is 4. The molecule has 0 fully saturated rings. The Morgan fingerprint density at radius 2 is 1.73 bits per heavy atom. The van der Waals surface area contributed by atoms with Gasteiger partial charge in [-0.3, -0.25) is 4.79 Å². The van der Waals surface area contributed by atoms with Crippen molar-refractivity contribution in [3.05, 3.63) is 77.2 Å². The van der Waals surface area contributed by atoms with Crippen LogP contribution >= 0.6 is 0 Å². The largest absolute Gasteiger partial charge is 0.357 e. The zero-order valence-electron chi connectivity index (χ0n) is 11.4. The van der Waals surface area contributed by atoms with Crippen molar-refractivity contribution >= 4 is 11.5 Å². The van der Waals surface area contributed by atoms with E-state index in [2.05, 4.69) is 5.32 Å². The highest BCUT2D eigenvalue weighted by Crippen LogP contribution is 2.23. The number of benzene rings is 2. The number of ketones is 1. The number of para-hydroxylation sites is 1. The summed E-state index contributed by atoms with van der Waals surface area (Å²) in [5.74, 6) is -1.00. The van der Waals surface area contributed by atoms with Gasteiger partial charge in [-0.15, -0.1) is 0 Å². The smallest absolute Gasteiger partial charge is 0.195 e. The van der Waals surface area contributed by atoms with Crippen LogP contribution in [0.3, 0.4) is 0 Å². The molecule has 0 aliphatic carbocycles. The van der Waals surface area contributed by atoms with Gasteiger partial charge >= 0.3 is 0 Å². The second-order valence-electron chi connectivity index (χ2n) is 4.28. The van der Waals surface area contributed by atoms with Gasteiger partial charge in [-0.1, -0.05) is 36.4 Å². The summed E-state index contributed by atoms with van der Waals surface area (Å²) in [4.78, 5) is 12.4. The molecule has 2 aromatic carbocycles. The fourth-order valence-corrected chi connectivity index (χ4v) is 1.84. The zero-order valence-corrected chi connectivity index (χ0v) is 11.4. The van der Waals surface area contributed by atoms with E-state index in [0.29, 0.717) is 5.56 Å². The molecule has 0 bridgehead atoms. The maximum absolute atomic E-state index is 14.0. The normalized spacial score (nSPS) is 9.23. The van der Waals surface area contributed by atoms with E-state index in [0.717, 1.165) is 6.20 Å². The molecule has 0 spiro atoms. The van der Waals surface area contributed by atoms with Crippen molar-refractivity contribution in [2.24, 2.45) is 0 Å². The summed E-state index contributed by atoms with van der Waals surface area (Å²) < 4.78 is 14.0. The first-order valence-electron chi connectivity index (χ1n) is 6.32. The first kappa shape index (κ1) is 15.0. The van der Waals surface area contributed by atoms with Crippen LogP contribution in [0, 0.1) is 28.5 Å². The summed E-state index contributed by atoms with van der Waals surface area (Å²) in [6.45, 7) is 0. The lowest BCUT2D eigenvalue weighted by molar-refractivity contribution is 0.103. The minimum absolute atomic E-state index is 0.0700. The number of nitrogens with one attached hydrogen (secondary N) is 1. The van der Waals surface area contributed by atoms with Crippen molar-refractivity contribution in [2.75, 3.05) is 5.32 Å². The van der Waals surface area contributed by atoms with Gasteiger partial charge in [0.25, 0.3) is 0 Å². The summed E-state index contributed by atoms with van der Waals surface area (Å²) >= 11 is 0. The molecule has 0 saturated heterocycles. The molecule has 106 valence electrons. The fourth-order valence-electron chi connectivity index (χ4n) is 1.84. The molecule has 0 radical (unpaired) electrons. The molecular weight excluding hydrogens is 281 g/mol. The third-order valence-electron chi connectivity index (χ3n) is 2.90. The van der Waals surface area contributed by atoms with Crippen LogP contribution < -0.4 is 5.32 Å². The van der Waals surface area contributed by atoms with Crippen molar-refractivity contribution < 1.29 is 9.18 Å². The van der Waals surface area contributed by atoms with Gasteiger partial charge in [0.15, 0.2) is 5.78 Å². The Kier molecular flexibility index (Phi) is 4.64. The maximum Gasteiger partial charge on any atom is 0.195 e. The van der Waals surface area contributed by atoms with E-state index in [4.69, 9.17) is 10.5 Å². The van der Waals surface area contributed by atoms with E-state index in [1.807, 2.05) is 0 Å². The van der Waals surface area contributed by atoms with Gasteiger partial charge in [0.2, 0.25) is 0 Å². The molecule has 22 heavy (non-hydrogen) atoms. The van der Waals surface area contributed by atoms with Crippen LogP contribution in [0.1, 0.15) is 15.9 Å². The molecule has 0 aromatic heterocycles. The molecular formula is C17H10FN3O. The second-order valence-corrected chi connectivity index (χ2v) is 4.28. The summed E-state index contributed by atoms with van der Waals surface area (Å²) in [6.07, 6.45) is 1.07. The molecule has 2 rings (SSSR count). The Morgan fingerprint density at radius 3 is 2.36 bits per heavy atom. The number of hydrogen-bond acceptors (Lipinski definition) is 4. The molecule has 5 heteroatoms. The van der Waals surface area contributed by atoms with Crippen molar-refractivity contribution in [1.82, 2.24) is 0 Å². The Morgan fingerprint density at radius 1 is 1.05 bits per heavy atom. The fraction of sp³-hybridized carbons (Fsp3) is 0. The topological polar surface area (TPSA) is 76.7 Å². The first-order valence-corrected chi connectivity index (χ1v) is 6.32. The number of carbonyl (C=O) groups is 1. The van der Waals surface area contributed by atoms with Crippen LogP contribution in [0.4, 0.5) is 10.1 Å². The van der Waals surface area contributed by atoms with Crippen LogP contribution in [0.5, 0.6) is 0 Å². The molecule has 2 aromatic rings. The zero-order chi connectivity index (χ0) is 15.9. The average molecular weight is 291 g/mol. The molecule has 0 atom stereocenters. The minimum atomic E-state index is -0.645. The number of allylic oxidation sites excluding steroid dienone is 1. The van der Waals surface area contributed by atoms with Gasteiger partial charge in [0.05, 0.1) is 5.69 Å². The summed E-state index contributed by atoms with van der Waals surface area (Å²) in [7, 11) is 0. The van der Waals surface area contributed by atoms with E-state index < -0.39 is 5.82 Å². The molecule has 4 nitrogen and oxygen atoms in total. The number of carbonyl (C=O) groups excluding carboxylic acids is 1. The standard InChI is InChI=1S/C17H10FN3O/c18-15-8-4-7-14(16(15)21-11-12(9-19)10-20)17(22)13-5-2-1-3-6-13/h1-8,11,21H. The predicted octanol–water partition coefficient (Wildman–Crippen LogP) is 3.40. The monoisotopic (exact) mass is 291 g/mol. The highest BCUT2D eigenvalue weighted by atomic mass is 19.1. The van der Waals surface area contributed by atoms with Gasteiger partial charge in [0.1, 0.15) is 23.5 Å². The van der Waals surface area contributed by atoms with E-state index in [1.165, 1.54) is 18.2 Å². The van der Waals surface area contributed by atoms with Gasteiger partial charge in [0, 0.05) is 17.3 Å². The first-order chi connectivity index (χ1) is 10.7. The third-order valence-corrected chi connectivity index (χ3v) is 2.90. The molecule has 0 amide bonds. The molecule has 0 saturated carbocycles. The van der Waals surface area contributed by atoms with Crippen LogP contribution in [-0.4, -0.2) is 5.78 Å². The quantitative estimate of drug-likeness (QED) is 0.692. The highest BCUT2D eigenvalue weighted by molar-refractivity contribution is 6.12. The van der Waals surface area contributed by atoms with Crippen LogP contribution in [0.2, 0.25) is 0 Å². The molecule has 0 unspecified atom stereocenters. The van der Waals surface area contributed by atoms with Gasteiger partial charge in [-0.2, -0.15) is 10.5 Å². The number of halogens is 1. The lowest BCUT2D eigenvalue weighted by atomic mass is 10.0.